The number of anilines is 1. The van der Waals surface area contributed by atoms with Gasteiger partial charge in [-0.25, -0.2) is 0 Å². The van der Waals surface area contributed by atoms with Crippen LogP contribution in [-0.2, 0) is 0 Å². The van der Waals surface area contributed by atoms with Gasteiger partial charge >= 0.3 is 0 Å². The first-order valence-corrected chi connectivity index (χ1v) is 5.67. The van der Waals surface area contributed by atoms with E-state index in [0.717, 1.165) is 11.7 Å². The molecule has 1 aromatic rings. The molecule has 0 fully saturated rings. The molecule has 0 radical (unpaired) electrons. The minimum atomic E-state index is 0.159. The summed E-state index contributed by atoms with van der Waals surface area (Å²) in [6.45, 7) is 5.12. The second-order valence-corrected chi connectivity index (χ2v) is 5.82. The van der Waals surface area contributed by atoms with E-state index in [2.05, 4.69) is 24.2 Å². The molecule has 0 aliphatic carbocycles. The molecular formula is C11H14N2OS. The van der Waals surface area contributed by atoms with Crippen molar-refractivity contribution in [3.8, 4) is 5.75 Å². The fourth-order valence-corrected chi connectivity index (χ4v) is 2.29. The van der Waals surface area contributed by atoms with E-state index < -0.39 is 0 Å². The zero-order chi connectivity index (χ0) is 10.9. The molecule has 1 aliphatic rings. The van der Waals surface area contributed by atoms with Crippen molar-refractivity contribution < 1.29 is 5.11 Å². The van der Waals surface area contributed by atoms with Crippen molar-refractivity contribution in [2.75, 3.05) is 11.9 Å². The first-order chi connectivity index (χ1) is 7.07. The lowest BCUT2D eigenvalue weighted by molar-refractivity contribution is 0.478. The number of thioether (sulfide) groups is 1. The van der Waals surface area contributed by atoms with E-state index in [-0.39, 0.29) is 10.5 Å². The van der Waals surface area contributed by atoms with E-state index in [1.165, 1.54) is 0 Å². The highest BCUT2D eigenvalue weighted by atomic mass is 32.2. The summed E-state index contributed by atoms with van der Waals surface area (Å²) in [5.74, 6) is 0.255. The lowest BCUT2D eigenvalue weighted by atomic mass is 10.2. The van der Waals surface area contributed by atoms with Crippen LogP contribution in [0.2, 0.25) is 0 Å². The largest absolute Gasteiger partial charge is 0.506 e. The van der Waals surface area contributed by atoms with Gasteiger partial charge in [-0.1, -0.05) is 23.9 Å². The summed E-state index contributed by atoms with van der Waals surface area (Å²) in [4.78, 5) is 4.38. The third kappa shape index (κ3) is 2.45. The topological polar surface area (TPSA) is 44.6 Å². The standard InChI is InChI=1S/C11H14N2OS/c1-11(2)7-12-10(15-11)13-8-5-3-4-6-9(8)14/h3-6,14H,7H2,1-2H3,(H,12,13). The number of hydrogen-bond acceptors (Lipinski definition) is 4. The molecule has 2 N–H and O–H groups in total. The molecule has 0 amide bonds. The van der Waals surface area contributed by atoms with Gasteiger partial charge in [0.25, 0.3) is 0 Å². The lowest BCUT2D eigenvalue weighted by Crippen LogP contribution is -2.16. The number of amidine groups is 1. The Bertz CT molecular complexity index is 401. The van der Waals surface area contributed by atoms with E-state index in [1.807, 2.05) is 12.1 Å². The van der Waals surface area contributed by atoms with Crippen LogP contribution in [0.3, 0.4) is 0 Å². The Kier molecular flexibility index (Phi) is 2.61. The minimum Gasteiger partial charge on any atom is -0.506 e. The highest BCUT2D eigenvalue weighted by Gasteiger charge is 2.27. The molecule has 0 saturated heterocycles. The van der Waals surface area contributed by atoms with Gasteiger partial charge in [0.1, 0.15) is 5.75 Å². The highest BCUT2D eigenvalue weighted by molar-refractivity contribution is 8.15. The van der Waals surface area contributed by atoms with Gasteiger partial charge in [-0.05, 0) is 26.0 Å². The molecule has 0 bridgehead atoms. The van der Waals surface area contributed by atoms with Crippen LogP contribution in [0.25, 0.3) is 0 Å². The molecule has 1 heterocycles. The van der Waals surface area contributed by atoms with E-state index >= 15 is 0 Å². The van der Waals surface area contributed by atoms with Crippen LogP contribution in [0, 0.1) is 0 Å². The smallest absolute Gasteiger partial charge is 0.161 e. The monoisotopic (exact) mass is 222 g/mol. The summed E-state index contributed by atoms with van der Waals surface area (Å²) >= 11 is 1.70. The van der Waals surface area contributed by atoms with E-state index in [1.54, 1.807) is 23.9 Å². The Morgan fingerprint density at radius 1 is 1.40 bits per heavy atom. The Hall–Kier alpha value is -1.16. The maximum atomic E-state index is 9.57. The molecule has 0 unspecified atom stereocenters. The molecule has 0 saturated carbocycles. The van der Waals surface area contributed by atoms with Crippen LogP contribution in [0.4, 0.5) is 5.69 Å². The predicted molar refractivity (Wildman–Crippen MR) is 65.7 cm³/mol. The lowest BCUT2D eigenvalue weighted by Gasteiger charge is -2.14. The zero-order valence-corrected chi connectivity index (χ0v) is 9.64. The number of hydrogen-bond donors (Lipinski definition) is 2. The second kappa shape index (κ2) is 3.77. The quantitative estimate of drug-likeness (QED) is 0.718. The number of nitrogens with one attached hydrogen (secondary N) is 1. The van der Waals surface area contributed by atoms with Crippen LogP contribution >= 0.6 is 11.8 Å². The fourth-order valence-electron chi connectivity index (χ4n) is 1.35. The van der Waals surface area contributed by atoms with Crippen molar-refractivity contribution in [3.63, 3.8) is 0 Å². The van der Waals surface area contributed by atoms with Crippen LogP contribution in [0.5, 0.6) is 5.75 Å². The van der Waals surface area contributed by atoms with Crippen molar-refractivity contribution in [2.24, 2.45) is 4.99 Å². The van der Waals surface area contributed by atoms with Gasteiger partial charge in [0.2, 0.25) is 0 Å². The predicted octanol–water partition coefficient (Wildman–Crippen LogP) is 2.69. The van der Waals surface area contributed by atoms with Gasteiger partial charge in [0.05, 0.1) is 12.2 Å². The molecule has 0 aromatic heterocycles. The first-order valence-electron chi connectivity index (χ1n) is 4.85. The van der Waals surface area contributed by atoms with Crippen molar-refractivity contribution in [1.82, 2.24) is 0 Å². The summed E-state index contributed by atoms with van der Waals surface area (Å²) in [6.07, 6.45) is 0. The number of benzene rings is 1. The molecule has 0 atom stereocenters. The average molecular weight is 222 g/mol. The Morgan fingerprint density at radius 2 is 2.13 bits per heavy atom. The number of rotatable bonds is 1. The third-order valence-corrected chi connectivity index (χ3v) is 3.23. The number of aromatic hydroxyl groups is 1. The van der Waals surface area contributed by atoms with Crippen LogP contribution in [0.15, 0.2) is 29.3 Å². The molecular weight excluding hydrogens is 208 g/mol. The molecule has 1 aromatic carbocycles. The van der Waals surface area contributed by atoms with Crippen molar-refractivity contribution in [1.29, 1.82) is 0 Å². The van der Waals surface area contributed by atoms with E-state index in [9.17, 15) is 5.11 Å². The summed E-state index contributed by atoms with van der Waals surface area (Å²) in [5, 5.41) is 13.6. The molecule has 2 rings (SSSR count). The number of nitrogens with zero attached hydrogens (tertiary/aromatic N) is 1. The Morgan fingerprint density at radius 3 is 2.73 bits per heavy atom. The van der Waals surface area contributed by atoms with Gasteiger partial charge in [0.15, 0.2) is 5.17 Å². The SMILES string of the molecule is CC1(C)CN=C(Nc2ccccc2O)S1. The van der Waals surface area contributed by atoms with Crippen molar-refractivity contribution in [3.05, 3.63) is 24.3 Å². The Balaban J connectivity index is 2.08. The molecule has 1 aliphatic heterocycles. The maximum absolute atomic E-state index is 9.57. The number of phenols is 1. The summed E-state index contributed by atoms with van der Waals surface area (Å²) in [6, 6.07) is 7.18. The van der Waals surface area contributed by atoms with Gasteiger partial charge < -0.3 is 10.4 Å². The highest BCUT2D eigenvalue weighted by Crippen LogP contribution is 2.33. The average Bonchev–Trinajstić information content (AvgIpc) is 2.50. The summed E-state index contributed by atoms with van der Waals surface area (Å²) in [5.41, 5.74) is 0.710. The zero-order valence-electron chi connectivity index (χ0n) is 8.82. The second-order valence-electron chi connectivity index (χ2n) is 4.13. The van der Waals surface area contributed by atoms with Crippen molar-refractivity contribution >= 4 is 22.6 Å². The molecule has 0 spiro atoms. The molecule has 3 nitrogen and oxygen atoms in total. The van der Waals surface area contributed by atoms with Crippen LogP contribution in [0.1, 0.15) is 13.8 Å². The van der Waals surface area contributed by atoms with Gasteiger partial charge in [0, 0.05) is 4.75 Å². The van der Waals surface area contributed by atoms with Crippen LogP contribution < -0.4 is 5.32 Å². The van der Waals surface area contributed by atoms with Gasteiger partial charge in [-0.2, -0.15) is 0 Å². The Labute approximate surface area is 93.6 Å². The minimum absolute atomic E-state index is 0.159. The number of phenolic OH excluding ortho intramolecular Hbond substituents is 1. The fraction of sp³-hybridized carbons (Fsp3) is 0.364. The van der Waals surface area contributed by atoms with E-state index in [0.29, 0.717) is 5.69 Å². The molecule has 15 heavy (non-hydrogen) atoms. The normalized spacial score (nSPS) is 18.7. The van der Waals surface area contributed by atoms with Gasteiger partial charge in [-0.3, -0.25) is 4.99 Å². The maximum Gasteiger partial charge on any atom is 0.161 e. The number of aliphatic imine (C=N–C) groups is 1. The number of para-hydroxylation sites is 2. The molecule has 4 heteroatoms. The third-order valence-electron chi connectivity index (χ3n) is 2.12. The van der Waals surface area contributed by atoms with Crippen molar-refractivity contribution in [2.45, 2.75) is 18.6 Å². The van der Waals surface area contributed by atoms with Gasteiger partial charge in [-0.15, -0.1) is 0 Å². The first kappa shape index (κ1) is 10.4. The van der Waals surface area contributed by atoms with Crippen LogP contribution in [-0.4, -0.2) is 21.6 Å². The summed E-state index contributed by atoms with van der Waals surface area (Å²) in [7, 11) is 0. The van der Waals surface area contributed by atoms with E-state index in [4.69, 9.17) is 0 Å². The molecule has 80 valence electrons. The summed E-state index contributed by atoms with van der Waals surface area (Å²) < 4.78 is 0.159.